The topological polar surface area (TPSA) is 36.3 Å². The van der Waals surface area contributed by atoms with Crippen LogP contribution in [0.15, 0.2) is 48.5 Å². The van der Waals surface area contributed by atoms with Crippen molar-refractivity contribution in [2.24, 2.45) is 0 Å². The summed E-state index contributed by atoms with van der Waals surface area (Å²) >= 11 is 0. The van der Waals surface area contributed by atoms with Crippen LogP contribution in [0.4, 0.5) is 0 Å². The summed E-state index contributed by atoms with van der Waals surface area (Å²) in [5.74, 6) is 1.94. The normalized spacial score (nSPS) is 17.5. The number of nitrogens with zero attached hydrogens (tertiary/aromatic N) is 2. The van der Waals surface area contributed by atoms with Crippen molar-refractivity contribution in [3.8, 4) is 5.75 Å². The molecule has 1 aromatic heterocycles. The van der Waals surface area contributed by atoms with Gasteiger partial charge in [0.1, 0.15) is 24.3 Å². The van der Waals surface area contributed by atoms with Crippen LogP contribution < -0.4 is 4.74 Å². The lowest BCUT2D eigenvalue weighted by Crippen LogP contribution is -2.14. The van der Waals surface area contributed by atoms with Gasteiger partial charge in [0.05, 0.1) is 17.6 Å². The van der Waals surface area contributed by atoms with E-state index in [9.17, 15) is 0 Å². The van der Waals surface area contributed by atoms with Gasteiger partial charge in [-0.2, -0.15) is 0 Å². The number of aromatic nitrogens is 2. The van der Waals surface area contributed by atoms with Crippen LogP contribution in [-0.2, 0) is 16.7 Å². The monoisotopic (exact) mass is 364 g/mol. The van der Waals surface area contributed by atoms with E-state index >= 15 is 0 Å². The number of ether oxygens (including phenoxy) is 2. The van der Waals surface area contributed by atoms with Crippen LogP contribution in [0.5, 0.6) is 5.75 Å². The first-order chi connectivity index (χ1) is 13.0. The number of imidazole rings is 1. The zero-order valence-corrected chi connectivity index (χ0v) is 16.4. The molecule has 0 bridgehead atoms. The molecule has 1 atom stereocenters. The lowest BCUT2D eigenvalue weighted by Gasteiger charge is -2.19. The number of para-hydroxylation sites is 2. The van der Waals surface area contributed by atoms with Crippen LogP contribution in [0.3, 0.4) is 0 Å². The highest BCUT2D eigenvalue weighted by atomic mass is 16.5. The molecule has 1 aliphatic rings. The SMILES string of the molecule is CC(C)(C)c1ccc(OCCn2c(C3CCCO3)nc3ccccc32)cc1. The molecule has 0 radical (unpaired) electrons. The maximum Gasteiger partial charge on any atom is 0.139 e. The van der Waals surface area contributed by atoms with E-state index in [1.165, 1.54) is 5.56 Å². The van der Waals surface area contributed by atoms with E-state index < -0.39 is 0 Å². The van der Waals surface area contributed by atoms with Gasteiger partial charge in [-0.15, -0.1) is 0 Å². The van der Waals surface area contributed by atoms with E-state index in [2.05, 4.69) is 67.8 Å². The van der Waals surface area contributed by atoms with Gasteiger partial charge in [0.25, 0.3) is 0 Å². The molecule has 1 saturated heterocycles. The Morgan fingerprint density at radius 3 is 2.59 bits per heavy atom. The molecular formula is C23H28N2O2. The van der Waals surface area contributed by atoms with E-state index in [-0.39, 0.29) is 11.5 Å². The van der Waals surface area contributed by atoms with Crippen molar-refractivity contribution >= 4 is 11.0 Å². The minimum Gasteiger partial charge on any atom is -0.492 e. The fraction of sp³-hybridized carbons (Fsp3) is 0.435. The maximum absolute atomic E-state index is 6.02. The molecule has 4 rings (SSSR count). The van der Waals surface area contributed by atoms with Crippen molar-refractivity contribution in [2.45, 2.75) is 51.7 Å². The predicted molar refractivity (Wildman–Crippen MR) is 108 cm³/mol. The molecule has 0 amide bonds. The molecular weight excluding hydrogens is 336 g/mol. The predicted octanol–water partition coefficient (Wildman–Crippen LogP) is 5.26. The Morgan fingerprint density at radius 1 is 1.11 bits per heavy atom. The summed E-state index contributed by atoms with van der Waals surface area (Å²) in [5, 5.41) is 0. The summed E-state index contributed by atoms with van der Waals surface area (Å²) in [6, 6.07) is 16.7. The van der Waals surface area contributed by atoms with Gasteiger partial charge >= 0.3 is 0 Å². The molecule has 3 aromatic rings. The summed E-state index contributed by atoms with van der Waals surface area (Å²) in [7, 11) is 0. The molecule has 142 valence electrons. The van der Waals surface area contributed by atoms with E-state index in [4.69, 9.17) is 14.5 Å². The lowest BCUT2D eigenvalue weighted by atomic mass is 9.87. The van der Waals surface area contributed by atoms with E-state index in [1.807, 2.05) is 6.07 Å². The van der Waals surface area contributed by atoms with Crippen molar-refractivity contribution in [2.75, 3.05) is 13.2 Å². The molecule has 4 heteroatoms. The van der Waals surface area contributed by atoms with Gasteiger partial charge in [-0.05, 0) is 48.1 Å². The Labute approximate surface area is 161 Å². The minimum atomic E-state index is 0.100. The zero-order chi connectivity index (χ0) is 18.9. The molecule has 2 heterocycles. The number of benzene rings is 2. The molecule has 0 N–H and O–H groups in total. The standard InChI is InChI=1S/C23H28N2O2/c1-23(2,3)17-10-12-18(13-11-17)26-16-14-25-20-8-5-4-7-19(20)24-22(25)21-9-6-15-27-21/h4-5,7-8,10-13,21H,6,9,14-16H2,1-3H3. The highest BCUT2D eigenvalue weighted by Crippen LogP contribution is 2.30. The third-order valence-electron chi connectivity index (χ3n) is 5.21. The summed E-state index contributed by atoms with van der Waals surface area (Å²) in [4.78, 5) is 4.84. The Balaban J connectivity index is 1.49. The molecule has 0 spiro atoms. The fourth-order valence-electron chi connectivity index (χ4n) is 3.66. The Bertz CT molecular complexity index is 900. The number of hydrogen-bond donors (Lipinski definition) is 0. The molecule has 1 aliphatic heterocycles. The summed E-state index contributed by atoms with van der Waals surface area (Å²) < 4.78 is 14.2. The Hall–Kier alpha value is -2.33. The first kappa shape index (κ1) is 18.1. The van der Waals surface area contributed by atoms with E-state index in [0.29, 0.717) is 6.61 Å². The van der Waals surface area contributed by atoms with Gasteiger partial charge in [0.15, 0.2) is 0 Å². The largest absolute Gasteiger partial charge is 0.492 e. The average molecular weight is 364 g/mol. The Morgan fingerprint density at radius 2 is 1.89 bits per heavy atom. The summed E-state index contributed by atoms with van der Waals surface area (Å²) in [5.41, 5.74) is 3.65. The van der Waals surface area contributed by atoms with Crippen LogP contribution in [0.2, 0.25) is 0 Å². The quantitative estimate of drug-likeness (QED) is 0.619. The molecule has 1 fully saturated rings. The van der Waals surface area contributed by atoms with Crippen LogP contribution >= 0.6 is 0 Å². The second-order valence-corrected chi connectivity index (χ2v) is 8.23. The molecule has 27 heavy (non-hydrogen) atoms. The number of hydrogen-bond acceptors (Lipinski definition) is 3. The second-order valence-electron chi connectivity index (χ2n) is 8.23. The van der Waals surface area contributed by atoms with Crippen molar-refractivity contribution < 1.29 is 9.47 Å². The van der Waals surface area contributed by atoms with Crippen molar-refractivity contribution in [3.05, 3.63) is 59.9 Å². The van der Waals surface area contributed by atoms with Crippen LogP contribution in [-0.4, -0.2) is 22.8 Å². The number of rotatable bonds is 5. The summed E-state index contributed by atoms with van der Waals surface area (Å²) in [6.45, 7) is 8.86. The van der Waals surface area contributed by atoms with E-state index in [1.54, 1.807) is 0 Å². The first-order valence-corrected chi connectivity index (χ1v) is 9.82. The molecule has 0 saturated carbocycles. The van der Waals surface area contributed by atoms with Gasteiger partial charge < -0.3 is 14.0 Å². The van der Waals surface area contributed by atoms with Gasteiger partial charge in [-0.3, -0.25) is 0 Å². The third-order valence-corrected chi connectivity index (χ3v) is 5.21. The summed E-state index contributed by atoms with van der Waals surface area (Å²) in [6.07, 6.45) is 2.24. The fourth-order valence-corrected chi connectivity index (χ4v) is 3.66. The number of fused-ring (bicyclic) bond motifs is 1. The highest BCUT2D eigenvalue weighted by molar-refractivity contribution is 5.76. The lowest BCUT2D eigenvalue weighted by molar-refractivity contribution is 0.101. The first-order valence-electron chi connectivity index (χ1n) is 9.82. The third kappa shape index (κ3) is 3.86. The van der Waals surface area contributed by atoms with E-state index in [0.717, 1.165) is 48.6 Å². The van der Waals surface area contributed by atoms with Crippen molar-refractivity contribution in [3.63, 3.8) is 0 Å². The highest BCUT2D eigenvalue weighted by Gasteiger charge is 2.24. The second kappa shape index (κ2) is 7.35. The maximum atomic E-state index is 6.02. The molecule has 4 nitrogen and oxygen atoms in total. The van der Waals surface area contributed by atoms with Gasteiger partial charge in [0, 0.05) is 6.61 Å². The van der Waals surface area contributed by atoms with Gasteiger partial charge in [-0.1, -0.05) is 45.0 Å². The Kier molecular flexibility index (Phi) is 4.92. The minimum absolute atomic E-state index is 0.100. The smallest absolute Gasteiger partial charge is 0.139 e. The molecule has 2 aromatic carbocycles. The van der Waals surface area contributed by atoms with Crippen LogP contribution in [0, 0.1) is 0 Å². The zero-order valence-electron chi connectivity index (χ0n) is 16.4. The van der Waals surface area contributed by atoms with Gasteiger partial charge in [-0.25, -0.2) is 4.98 Å². The average Bonchev–Trinajstić information content (AvgIpc) is 3.29. The van der Waals surface area contributed by atoms with Gasteiger partial charge in [0.2, 0.25) is 0 Å². The van der Waals surface area contributed by atoms with Crippen LogP contribution in [0.1, 0.15) is 51.1 Å². The van der Waals surface area contributed by atoms with Crippen molar-refractivity contribution in [1.29, 1.82) is 0 Å². The molecule has 0 aliphatic carbocycles. The van der Waals surface area contributed by atoms with Crippen molar-refractivity contribution in [1.82, 2.24) is 9.55 Å². The van der Waals surface area contributed by atoms with Crippen LogP contribution in [0.25, 0.3) is 11.0 Å². The molecule has 1 unspecified atom stereocenters.